The molecule has 0 aromatic heterocycles. The molecule has 0 saturated carbocycles. The van der Waals surface area contributed by atoms with Crippen LogP contribution in [0.25, 0.3) is 0 Å². The summed E-state index contributed by atoms with van der Waals surface area (Å²) in [6.45, 7) is 5.89. The fraction of sp³-hybridized carbons (Fsp3) is 1.00. The maximum Gasteiger partial charge on any atom is 0.00701 e. The summed E-state index contributed by atoms with van der Waals surface area (Å²) in [4.78, 5) is 0. The minimum Gasteiger partial charge on any atom is -0.314 e. The van der Waals surface area contributed by atoms with Gasteiger partial charge in [-0.05, 0) is 31.7 Å². The van der Waals surface area contributed by atoms with E-state index < -0.39 is 0 Å². The SMILES string of the molecule is CCCCCCCCC(CCCCCCC)C[C@H]1CCCN1. The highest BCUT2D eigenvalue weighted by atomic mass is 14.9. The molecule has 1 heteroatoms. The van der Waals surface area contributed by atoms with E-state index in [1.165, 1.54) is 109 Å². The van der Waals surface area contributed by atoms with Gasteiger partial charge in [0.15, 0.2) is 0 Å². The van der Waals surface area contributed by atoms with Crippen LogP contribution in [-0.4, -0.2) is 12.6 Å². The quantitative estimate of drug-likeness (QED) is 0.326. The van der Waals surface area contributed by atoms with Crippen LogP contribution in [0.1, 0.15) is 117 Å². The Bertz CT molecular complexity index is 220. The van der Waals surface area contributed by atoms with Crippen molar-refractivity contribution in [3.05, 3.63) is 0 Å². The maximum atomic E-state index is 3.72. The fourth-order valence-electron chi connectivity index (χ4n) is 3.99. The minimum atomic E-state index is 0.848. The van der Waals surface area contributed by atoms with Crippen LogP contribution in [-0.2, 0) is 0 Å². The third-order valence-electron chi connectivity index (χ3n) is 5.46. The van der Waals surface area contributed by atoms with E-state index in [2.05, 4.69) is 19.2 Å². The molecule has 1 saturated heterocycles. The lowest BCUT2D eigenvalue weighted by atomic mass is 9.88. The Morgan fingerprint density at radius 3 is 1.82 bits per heavy atom. The second-order valence-corrected chi connectivity index (χ2v) is 7.65. The van der Waals surface area contributed by atoms with Crippen LogP contribution in [0.2, 0.25) is 0 Å². The standard InChI is InChI=1S/C21H43N/c1-3-5-7-9-11-13-16-20(15-12-10-8-6-4-2)19-21-17-14-18-22-21/h20-22H,3-19H2,1-2H3/t20?,21-/m1/s1. The van der Waals surface area contributed by atoms with E-state index in [0.29, 0.717) is 0 Å². The van der Waals surface area contributed by atoms with E-state index in [9.17, 15) is 0 Å². The van der Waals surface area contributed by atoms with E-state index in [1.54, 1.807) is 0 Å². The predicted molar refractivity (Wildman–Crippen MR) is 101 cm³/mol. The van der Waals surface area contributed by atoms with Crippen LogP contribution in [0.15, 0.2) is 0 Å². The minimum absolute atomic E-state index is 0.848. The lowest BCUT2D eigenvalue weighted by Crippen LogP contribution is -2.24. The molecule has 0 amide bonds. The average Bonchev–Trinajstić information content (AvgIpc) is 3.03. The van der Waals surface area contributed by atoms with Crippen molar-refractivity contribution in [1.82, 2.24) is 5.32 Å². The van der Waals surface area contributed by atoms with Gasteiger partial charge < -0.3 is 5.32 Å². The van der Waals surface area contributed by atoms with Gasteiger partial charge in [-0.25, -0.2) is 0 Å². The molecule has 22 heavy (non-hydrogen) atoms. The van der Waals surface area contributed by atoms with Crippen molar-refractivity contribution in [2.75, 3.05) is 6.54 Å². The van der Waals surface area contributed by atoms with Gasteiger partial charge in [0, 0.05) is 6.04 Å². The predicted octanol–water partition coefficient (Wildman–Crippen LogP) is 6.86. The van der Waals surface area contributed by atoms with E-state index in [1.807, 2.05) is 0 Å². The van der Waals surface area contributed by atoms with Gasteiger partial charge in [0.2, 0.25) is 0 Å². The molecule has 0 bridgehead atoms. The molecule has 1 rings (SSSR count). The van der Waals surface area contributed by atoms with E-state index in [4.69, 9.17) is 0 Å². The van der Waals surface area contributed by atoms with Gasteiger partial charge in [-0.2, -0.15) is 0 Å². The van der Waals surface area contributed by atoms with Gasteiger partial charge in [-0.15, -0.1) is 0 Å². The molecule has 1 N–H and O–H groups in total. The smallest absolute Gasteiger partial charge is 0.00701 e. The molecule has 1 unspecified atom stereocenters. The van der Waals surface area contributed by atoms with E-state index >= 15 is 0 Å². The zero-order valence-electron chi connectivity index (χ0n) is 15.7. The van der Waals surface area contributed by atoms with Crippen LogP contribution in [0, 0.1) is 5.92 Å². The van der Waals surface area contributed by atoms with Crippen molar-refractivity contribution in [2.45, 2.75) is 123 Å². The highest BCUT2D eigenvalue weighted by Gasteiger charge is 2.19. The Balaban J connectivity index is 2.12. The van der Waals surface area contributed by atoms with Crippen LogP contribution >= 0.6 is 0 Å². The van der Waals surface area contributed by atoms with Gasteiger partial charge in [-0.1, -0.05) is 97.3 Å². The summed E-state index contributed by atoms with van der Waals surface area (Å²) in [6.07, 6.45) is 23.2. The normalized spacial score (nSPS) is 19.6. The molecule has 0 spiro atoms. The molecule has 0 radical (unpaired) electrons. The summed E-state index contributed by atoms with van der Waals surface area (Å²) >= 11 is 0. The average molecular weight is 310 g/mol. The van der Waals surface area contributed by atoms with Crippen LogP contribution in [0.4, 0.5) is 0 Å². The second-order valence-electron chi connectivity index (χ2n) is 7.65. The van der Waals surface area contributed by atoms with Gasteiger partial charge >= 0.3 is 0 Å². The van der Waals surface area contributed by atoms with Crippen LogP contribution < -0.4 is 5.32 Å². The monoisotopic (exact) mass is 309 g/mol. The van der Waals surface area contributed by atoms with E-state index in [-0.39, 0.29) is 0 Å². The first-order chi connectivity index (χ1) is 10.9. The third-order valence-corrected chi connectivity index (χ3v) is 5.46. The number of hydrogen-bond acceptors (Lipinski definition) is 1. The van der Waals surface area contributed by atoms with Gasteiger partial charge in [0.25, 0.3) is 0 Å². The highest BCUT2D eigenvalue weighted by Crippen LogP contribution is 2.25. The van der Waals surface area contributed by atoms with E-state index in [0.717, 1.165) is 12.0 Å². The molecule has 0 aromatic carbocycles. The number of nitrogens with one attached hydrogen (secondary N) is 1. The molecular weight excluding hydrogens is 266 g/mol. The molecular formula is C21H43N. The molecule has 1 heterocycles. The van der Waals surface area contributed by atoms with Gasteiger partial charge in [0.05, 0.1) is 0 Å². The summed E-state index contributed by atoms with van der Waals surface area (Å²) < 4.78 is 0. The van der Waals surface area contributed by atoms with Crippen LogP contribution in [0.3, 0.4) is 0 Å². The summed E-state index contributed by atoms with van der Waals surface area (Å²) in [6, 6.07) is 0.848. The topological polar surface area (TPSA) is 12.0 Å². The highest BCUT2D eigenvalue weighted by molar-refractivity contribution is 4.77. The van der Waals surface area contributed by atoms with Crippen molar-refractivity contribution in [1.29, 1.82) is 0 Å². The Labute approximate surface area is 141 Å². The molecule has 1 aliphatic rings. The fourth-order valence-corrected chi connectivity index (χ4v) is 3.99. The maximum absolute atomic E-state index is 3.72. The molecule has 0 aliphatic carbocycles. The zero-order chi connectivity index (χ0) is 15.9. The number of hydrogen-bond donors (Lipinski definition) is 1. The third kappa shape index (κ3) is 10.6. The van der Waals surface area contributed by atoms with Crippen molar-refractivity contribution in [2.24, 2.45) is 5.92 Å². The number of rotatable bonds is 15. The summed E-state index contributed by atoms with van der Waals surface area (Å²) in [5.41, 5.74) is 0. The Morgan fingerprint density at radius 2 is 1.32 bits per heavy atom. The first kappa shape index (κ1) is 20.0. The van der Waals surface area contributed by atoms with Gasteiger partial charge in [0.1, 0.15) is 0 Å². The van der Waals surface area contributed by atoms with Crippen molar-refractivity contribution in [3.8, 4) is 0 Å². The molecule has 1 aliphatic heterocycles. The lowest BCUT2D eigenvalue weighted by molar-refractivity contribution is 0.342. The van der Waals surface area contributed by atoms with Gasteiger partial charge in [-0.3, -0.25) is 0 Å². The molecule has 2 atom stereocenters. The largest absolute Gasteiger partial charge is 0.314 e. The molecule has 1 fully saturated rings. The van der Waals surface area contributed by atoms with Crippen molar-refractivity contribution < 1.29 is 0 Å². The lowest BCUT2D eigenvalue weighted by Gasteiger charge is -2.21. The Hall–Kier alpha value is -0.0400. The Kier molecular flexibility index (Phi) is 13.2. The first-order valence-electron chi connectivity index (χ1n) is 10.6. The van der Waals surface area contributed by atoms with Crippen molar-refractivity contribution in [3.63, 3.8) is 0 Å². The molecule has 0 aromatic rings. The second kappa shape index (κ2) is 14.5. The summed E-state index contributed by atoms with van der Waals surface area (Å²) in [5, 5.41) is 3.72. The summed E-state index contributed by atoms with van der Waals surface area (Å²) in [5.74, 6) is 1.00. The molecule has 1 nitrogen and oxygen atoms in total. The first-order valence-corrected chi connectivity index (χ1v) is 10.6. The zero-order valence-corrected chi connectivity index (χ0v) is 15.7. The summed E-state index contributed by atoms with van der Waals surface area (Å²) in [7, 11) is 0. The Morgan fingerprint density at radius 1 is 0.773 bits per heavy atom. The van der Waals surface area contributed by atoms with Crippen LogP contribution in [0.5, 0.6) is 0 Å². The molecule has 132 valence electrons. The number of unbranched alkanes of at least 4 members (excludes halogenated alkanes) is 9. The van der Waals surface area contributed by atoms with Crippen molar-refractivity contribution >= 4 is 0 Å².